The molecule has 1 aromatic carbocycles. The fourth-order valence-electron chi connectivity index (χ4n) is 2.90. The smallest absolute Gasteiger partial charge is 0.255 e. The van der Waals surface area contributed by atoms with E-state index in [1.807, 2.05) is 39.0 Å². The first kappa shape index (κ1) is 17.7. The van der Waals surface area contributed by atoms with Crippen LogP contribution in [-0.4, -0.2) is 11.8 Å². The minimum absolute atomic E-state index is 0.0410. The third kappa shape index (κ3) is 3.82. The molecule has 0 aliphatic carbocycles. The topological polar surface area (TPSA) is 58.2 Å². The van der Waals surface area contributed by atoms with Gasteiger partial charge in [-0.1, -0.05) is 31.7 Å². The molecule has 0 aromatic heterocycles. The lowest BCUT2D eigenvalue weighted by Crippen LogP contribution is -2.21. The van der Waals surface area contributed by atoms with E-state index in [1.54, 1.807) is 12.2 Å². The lowest BCUT2D eigenvalue weighted by atomic mass is 9.98. The molecule has 0 fully saturated rings. The van der Waals surface area contributed by atoms with Gasteiger partial charge < -0.3 is 10.6 Å². The van der Waals surface area contributed by atoms with Gasteiger partial charge in [0.15, 0.2) is 0 Å². The minimum atomic E-state index is -0.149. The van der Waals surface area contributed by atoms with Crippen LogP contribution in [0.4, 0.5) is 11.4 Å². The highest BCUT2D eigenvalue weighted by Gasteiger charge is 2.18. The zero-order valence-corrected chi connectivity index (χ0v) is 14.5. The summed E-state index contributed by atoms with van der Waals surface area (Å²) < 4.78 is 0. The van der Waals surface area contributed by atoms with Crippen molar-refractivity contribution in [2.24, 2.45) is 0 Å². The van der Waals surface area contributed by atoms with E-state index in [1.165, 1.54) is 0 Å². The van der Waals surface area contributed by atoms with Crippen LogP contribution in [0.3, 0.4) is 0 Å². The average Bonchev–Trinajstić information content (AvgIpc) is 2.56. The van der Waals surface area contributed by atoms with Crippen LogP contribution < -0.4 is 10.6 Å². The Morgan fingerprint density at radius 2 is 2.12 bits per heavy atom. The highest BCUT2D eigenvalue weighted by atomic mass is 16.2. The molecule has 2 N–H and O–H groups in total. The summed E-state index contributed by atoms with van der Waals surface area (Å²) in [6.45, 7) is 9.61. The number of benzene rings is 1. The van der Waals surface area contributed by atoms with E-state index in [0.29, 0.717) is 18.4 Å². The molecule has 2 rings (SSSR count). The number of nitrogens with one attached hydrogen (secondary N) is 2. The Labute approximate surface area is 143 Å². The summed E-state index contributed by atoms with van der Waals surface area (Å²) in [7, 11) is 0. The van der Waals surface area contributed by atoms with Crippen molar-refractivity contribution in [1.29, 1.82) is 0 Å². The number of hydrogen-bond donors (Lipinski definition) is 2. The first-order chi connectivity index (χ1) is 11.5. The summed E-state index contributed by atoms with van der Waals surface area (Å²) in [5.41, 5.74) is 5.15. The van der Waals surface area contributed by atoms with Crippen LogP contribution in [0.1, 0.15) is 37.8 Å². The van der Waals surface area contributed by atoms with Crippen molar-refractivity contribution in [3.63, 3.8) is 0 Å². The minimum Gasteiger partial charge on any atom is -0.326 e. The van der Waals surface area contributed by atoms with E-state index in [2.05, 4.69) is 17.2 Å². The number of allylic oxidation sites excluding steroid dienone is 3. The van der Waals surface area contributed by atoms with E-state index in [-0.39, 0.29) is 11.8 Å². The van der Waals surface area contributed by atoms with Gasteiger partial charge in [-0.3, -0.25) is 9.59 Å². The maximum Gasteiger partial charge on any atom is 0.255 e. The average molecular weight is 324 g/mol. The lowest BCUT2D eigenvalue weighted by molar-refractivity contribution is -0.116. The zero-order chi connectivity index (χ0) is 17.7. The molecule has 4 heteroatoms. The second-order valence-corrected chi connectivity index (χ2v) is 5.83. The molecule has 4 nitrogen and oxygen atoms in total. The third-order valence-electron chi connectivity index (χ3n) is 4.11. The summed E-state index contributed by atoms with van der Waals surface area (Å²) in [6, 6.07) is 3.82. The van der Waals surface area contributed by atoms with Crippen molar-refractivity contribution < 1.29 is 9.59 Å². The second kappa shape index (κ2) is 7.77. The molecular weight excluding hydrogens is 300 g/mol. The molecule has 1 aromatic rings. The number of anilines is 2. The molecule has 126 valence electrons. The summed E-state index contributed by atoms with van der Waals surface area (Å²) in [6.07, 6.45) is 7.29. The normalized spacial score (nSPS) is 14.7. The molecule has 1 heterocycles. The first-order valence-corrected chi connectivity index (χ1v) is 8.23. The van der Waals surface area contributed by atoms with Crippen LogP contribution in [0.5, 0.6) is 0 Å². The number of carbonyl (C=O) groups is 2. The standard InChI is InChI=1S/C20H24N2O2/c1-5-8-17(14(6-2)7-3)20(24)21-16-11-13(4)19-15(12-16)9-10-18(23)22-19/h5-6,8,11-12H,2,7,9-10H2,1,3-4H3,(H,21,24)(H,22,23)/b8-5-,17-14-. The molecule has 1 aliphatic heterocycles. The molecule has 0 saturated heterocycles. The number of aryl methyl sites for hydroxylation is 2. The van der Waals surface area contributed by atoms with E-state index in [0.717, 1.165) is 34.5 Å². The summed E-state index contributed by atoms with van der Waals surface area (Å²) in [4.78, 5) is 24.2. The fraction of sp³-hybridized carbons (Fsp3) is 0.300. The Balaban J connectivity index is 2.32. The Morgan fingerprint density at radius 1 is 1.38 bits per heavy atom. The van der Waals surface area contributed by atoms with Crippen molar-refractivity contribution in [1.82, 2.24) is 0 Å². The zero-order valence-electron chi connectivity index (χ0n) is 14.5. The predicted molar refractivity (Wildman–Crippen MR) is 99.1 cm³/mol. The van der Waals surface area contributed by atoms with Gasteiger partial charge in [0.05, 0.1) is 0 Å². The van der Waals surface area contributed by atoms with Crippen molar-refractivity contribution in [2.75, 3.05) is 10.6 Å². The van der Waals surface area contributed by atoms with E-state index in [4.69, 9.17) is 0 Å². The highest BCUT2D eigenvalue weighted by Crippen LogP contribution is 2.30. The van der Waals surface area contributed by atoms with Crippen LogP contribution in [0.2, 0.25) is 0 Å². The molecule has 24 heavy (non-hydrogen) atoms. The molecule has 0 unspecified atom stereocenters. The fourth-order valence-corrected chi connectivity index (χ4v) is 2.90. The van der Waals surface area contributed by atoms with Gasteiger partial charge in [-0.05, 0) is 55.5 Å². The number of amides is 2. The Kier molecular flexibility index (Phi) is 5.74. The van der Waals surface area contributed by atoms with Gasteiger partial charge >= 0.3 is 0 Å². The van der Waals surface area contributed by atoms with Crippen LogP contribution in [0.15, 0.2) is 48.1 Å². The lowest BCUT2D eigenvalue weighted by Gasteiger charge is -2.20. The largest absolute Gasteiger partial charge is 0.326 e. The second-order valence-electron chi connectivity index (χ2n) is 5.83. The quantitative estimate of drug-likeness (QED) is 0.627. The van der Waals surface area contributed by atoms with E-state index in [9.17, 15) is 9.59 Å². The predicted octanol–water partition coefficient (Wildman–Crippen LogP) is 4.29. The molecule has 2 amide bonds. The van der Waals surface area contributed by atoms with Gasteiger partial charge in [-0.25, -0.2) is 0 Å². The molecule has 1 aliphatic rings. The maximum absolute atomic E-state index is 12.7. The van der Waals surface area contributed by atoms with Crippen LogP contribution in [0, 0.1) is 6.92 Å². The van der Waals surface area contributed by atoms with E-state index < -0.39 is 0 Å². The van der Waals surface area contributed by atoms with Crippen molar-refractivity contribution >= 4 is 23.2 Å². The first-order valence-electron chi connectivity index (χ1n) is 8.23. The molecule has 0 bridgehead atoms. The Bertz CT molecular complexity index is 742. The number of carbonyl (C=O) groups excluding carboxylic acids is 2. The Morgan fingerprint density at radius 3 is 2.75 bits per heavy atom. The highest BCUT2D eigenvalue weighted by molar-refractivity contribution is 6.07. The number of hydrogen-bond acceptors (Lipinski definition) is 2. The van der Waals surface area contributed by atoms with Crippen LogP contribution >= 0.6 is 0 Å². The molecule has 0 saturated carbocycles. The summed E-state index contributed by atoms with van der Waals surface area (Å²) in [5, 5.41) is 5.87. The van der Waals surface area contributed by atoms with Crippen LogP contribution in [-0.2, 0) is 16.0 Å². The number of fused-ring (bicyclic) bond motifs is 1. The van der Waals surface area contributed by atoms with Crippen molar-refractivity contribution in [2.45, 2.75) is 40.0 Å². The van der Waals surface area contributed by atoms with Crippen molar-refractivity contribution in [3.05, 3.63) is 59.2 Å². The van der Waals surface area contributed by atoms with Gasteiger partial charge in [0.1, 0.15) is 0 Å². The third-order valence-corrected chi connectivity index (χ3v) is 4.11. The maximum atomic E-state index is 12.7. The summed E-state index contributed by atoms with van der Waals surface area (Å²) >= 11 is 0. The SMILES string of the molecule is C=C/C(CC)=C(\C=C/C)C(=O)Nc1cc(C)c2c(c1)CCC(=O)N2. The molecule has 0 radical (unpaired) electrons. The molecule has 0 spiro atoms. The number of rotatable bonds is 5. The molecular formula is C20H24N2O2. The van der Waals surface area contributed by atoms with Gasteiger partial charge in [0.2, 0.25) is 5.91 Å². The van der Waals surface area contributed by atoms with E-state index >= 15 is 0 Å². The van der Waals surface area contributed by atoms with Gasteiger partial charge in [0, 0.05) is 23.4 Å². The van der Waals surface area contributed by atoms with Crippen LogP contribution in [0.25, 0.3) is 0 Å². The Hall–Kier alpha value is -2.62. The van der Waals surface area contributed by atoms with Crippen molar-refractivity contribution in [3.8, 4) is 0 Å². The van der Waals surface area contributed by atoms with Gasteiger partial charge in [-0.2, -0.15) is 0 Å². The monoisotopic (exact) mass is 324 g/mol. The summed E-state index contributed by atoms with van der Waals surface area (Å²) in [5.74, 6) is -0.108. The van der Waals surface area contributed by atoms with Gasteiger partial charge in [0.25, 0.3) is 5.91 Å². The molecule has 0 atom stereocenters. The van der Waals surface area contributed by atoms with Gasteiger partial charge in [-0.15, -0.1) is 0 Å².